The number of rotatable bonds is 5. The molecule has 0 atom stereocenters. The third kappa shape index (κ3) is 5.67. The Kier molecular flexibility index (Phi) is 7.22. The summed E-state index contributed by atoms with van der Waals surface area (Å²) in [4.78, 5) is 0. The van der Waals surface area contributed by atoms with Gasteiger partial charge in [-0.3, -0.25) is 0 Å². The van der Waals surface area contributed by atoms with Gasteiger partial charge >= 0.3 is 0 Å². The predicted octanol–water partition coefficient (Wildman–Crippen LogP) is 3.94. The lowest BCUT2D eigenvalue weighted by atomic mass is 10.4. The highest BCUT2D eigenvalue weighted by atomic mass is 32.2. The fraction of sp³-hybridized carbons (Fsp3) is 0.0833. The van der Waals surface area contributed by atoms with Gasteiger partial charge in [0.15, 0.2) is 0 Å². The van der Waals surface area contributed by atoms with Crippen LogP contribution in [0.1, 0.15) is 5.76 Å². The van der Waals surface area contributed by atoms with Crippen molar-refractivity contribution in [1.82, 2.24) is 0 Å². The van der Waals surface area contributed by atoms with Crippen molar-refractivity contribution in [3.63, 3.8) is 0 Å². The van der Waals surface area contributed by atoms with E-state index in [-0.39, 0.29) is 0 Å². The van der Waals surface area contributed by atoms with Gasteiger partial charge in [0.2, 0.25) is 0 Å². The molecule has 0 aliphatic heterocycles. The summed E-state index contributed by atoms with van der Waals surface area (Å²) in [5.74, 6) is 1.03. The molecule has 0 radical (unpaired) electrons. The average Bonchev–Trinajstić information content (AvgIpc) is 3.26. The zero-order chi connectivity index (χ0) is 21.5. The van der Waals surface area contributed by atoms with E-state index >= 15 is 0 Å². The Morgan fingerprint density at radius 3 is 1.37 bits per heavy atom. The van der Waals surface area contributed by atoms with Gasteiger partial charge in [-0.25, -0.2) is 8.42 Å². The molecule has 0 aliphatic carbocycles. The Balaban J connectivity index is 0.000000461. The molecule has 1 heterocycles. The van der Waals surface area contributed by atoms with Crippen molar-refractivity contribution in [2.75, 3.05) is 6.26 Å². The lowest BCUT2D eigenvalue weighted by Crippen LogP contribution is -2.32. The maximum atomic E-state index is 9.08. The van der Waals surface area contributed by atoms with Crippen molar-refractivity contribution in [2.45, 2.75) is 6.16 Å². The third-order valence-electron chi connectivity index (χ3n) is 4.56. The minimum atomic E-state index is -3.92. The summed E-state index contributed by atoms with van der Waals surface area (Å²) in [5, 5.41) is 4.14. The lowest BCUT2D eigenvalue weighted by Gasteiger charge is -2.26. The number of furan rings is 1. The van der Waals surface area contributed by atoms with Gasteiger partial charge in [0.25, 0.3) is 0 Å². The summed E-state index contributed by atoms with van der Waals surface area (Å²) in [5.41, 5.74) is 0. The standard InChI is InChI=1S/C23H20OP.CH4O3S/c1-4-12-21(13-5-1)25(19-20-11-10-18-24-20,22-14-6-2-7-15-22)23-16-8-3-9-17-23;1-5(2,3)4/h1-18H,19H2;1H3,(H,2,3,4)/q+1;/p-1. The second kappa shape index (κ2) is 9.86. The summed E-state index contributed by atoms with van der Waals surface area (Å²) < 4.78 is 33.0. The van der Waals surface area contributed by atoms with Crippen molar-refractivity contribution in [1.29, 1.82) is 0 Å². The fourth-order valence-corrected chi connectivity index (χ4v) is 7.54. The molecule has 0 fully saturated rings. The summed E-state index contributed by atoms with van der Waals surface area (Å²) in [7, 11) is -5.75. The third-order valence-corrected chi connectivity index (χ3v) is 8.89. The van der Waals surface area contributed by atoms with Gasteiger partial charge in [0, 0.05) is 6.26 Å². The van der Waals surface area contributed by atoms with Gasteiger partial charge in [0.1, 0.15) is 35.1 Å². The summed E-state index contributed by atoms with van der Waals surface area (Å²) >= 11 is 0. The van der Waals surface area contributed by atoms with E-state index in [1.807, 2.05) is 6.07 Å². The number of hydrogen-bond acceptors (Lipinski definition) is 4. The average molecular weight is 438 g/mol. The second-order valence-corrected chi connectivity index (χ2v) is 11.7. The molecule has 0 saturated heterocycles. The monoisotopic (exact) mass is 438 g/mol. The van der Waals surface area contributed by atoms with Gasteiger partial charge in [-0.1, -0.05) is 54.6 Å². The molecule has 3 aromatic carbocycles. The van der Waals surface area contributed by atoms with Crippen LogP contribution in [0.3, 0.4) is 0 Å². The normalized spacial score (nSPS) is 11.4. The molecule has 30 heavy (non-hydrogen) atoms. The SMILES string of the molecule is CS(=O)(=O)[O-].c1ccc([P+](Cc2ccco2)(c2ccccc2)c2ccccc2)cc1. The molecule has 154 valence electrons. The van der Waals surface area contributed by atoms with E-state index in [9.17, 15) is 0 Å². The van der Waals surface area contributed by atoms with Gasteiger partial charge in [-0.05, 0) is 48.5 Å². The van der Waals surface area contributed by atoms with Crippen LogP contribution in [0.5, 0.6) is 0 Å². The molecule has 0 saturated carbocycles. The zero-order valence-corrected chi connectivity index (χ0v) is 18.3. The lowest BCUT2D eigenvalue weighted by molar-refractivity contribution is 0.470. The molecular formula is C24H23O4PS. The van der Waals surface area contributed by atoms with E-state index < -0.39 is 17.4 Å². The first-order valence-corrected chi connectivity index (χ1v) is 13.2. The molecule has 0 aliphatic rings. The van der Waals surface area contributed by atoms with Crippen molar-refractivity contribution in [3.05, 3.63) is 115 Å². The van der Waals surface area contributed by atoms with Crippen LogP contribution in [-0.2, 0) is 16.3 Å². The summed E-state index contributed by atoms with van der Waals surface area (Å²) in [6, 6.07) is 36.7. The minimum absolute atomic E-state index is 0.604. The molecule has 0 spiro atoms. The van der Waals surface area contributed by atoms with Crippen LogP contribution in [0.4, 0.5) is 0 Å². The molecule has 0 amide bonds. The molecule has 0 N–H and O–H groups in total. The van der Waals surface area contributed by atoms with Crippen molar-refractivity contribution >= 4 is 33.3 Å². The largest absolute Gasteiger partial charge is 0.748 e. The van der Waals surface area contributed by atoms with Gasteiger partial charge < -0.3 is 8.97 Å². The number of benzene rings is 3. The molecule has 1 aromatic heterocycles. The smallest absolute Gasteiger partial charge is 0.142 e. The van der Waals surface area contributed by atoms with Gasteiger partial charge in [-0.2, -0.15) is 0 Å². The maximum absolute atomic E-state index is 9.08. The van der Waals surface area contributed by atoms with Crippen molar-refractivity contribution in [3.8, 4) is 0 Å². The van der Waals surface area contributed by atoms with Gasteiger partial charge in [0.05, 0.1) is 16.4 Å². The van der Waals surface area contributed by atoms with Crippen molar-refractivity contribution < 1.29 is 17.4 Å². The highest BCUT2D eigenvalue weighted by Gasteiger charge is 2.46. The first kappa shape index (κ1) is 22.0. The van der Waals surface area contributed by atoms with Crippen LogP contribution in [0.2, 0.25) is 0 Å². The predicted molar refractivity (Wildman–Crippen MR) is 123 cm³/mol. The molecule has 0 bridgehead atoms. The van der Waals surface area contributed by atoms with Crippen LogP contribution < -0.4 is 15.9 Å². The quantitative estimate of drug-likeness (QED) is 0.350. The van der Waals surface area contributed by atoms with Gasteiger partial charge in [-0.15, -0.1) is 0 Å². The molecule has 4 aromatic rings. The summed E-state index contributed by atoms with van der Waals surface area (Å²) in [6.45, 7) is 0. The van der Waals surface area contributed by atoms with E-state index in [0.717, 1.165) is 11.9 Å². The zero-order valence-electron chi connectivity index (χ0n) is 16.6. The molecule has 0 unspecified atom stereocenters. The van der Waals surface area contributed by atoms with E-state index in [0.29, 0.717) is 6.26 Å². The topological polar surface area (TPSA) is 70.3 Å². The number of hydrogen-bond donors (Lipinski definition) is 0. The molecule has 4 rings (SSSR count). The Morgan fingerprint density at radius 2 is 1.07 bits per heavy atom. The van der Waals surface area contributed by atoms with E-state index in [4.69, 9.17) is 17.4 Å². The van der Waals surface area contributed by atoms with Crippen LogP contribution in [-0.4, -0.2) is 19.2 Å². The molecule has 6 heteroatoms. The first-order valence-electron chi connectivity index (χ1n) is 9.38. The van der Waals surface area contributed by atoms with Crippen LogP contribution in [0, 0.1) is 0 Å². The highest BCUT2D eigenvalue weighted by Crippen LogP contribution is 2.58. The Labute approximate surface area is 178 Å². The van der Waals surface area contributed by atoms with Crippen LogP contribution >= 0.6 is 7.26 Å². The minimum Gasteiger partial charge on any atom is -0.748 e. The maximum Gasteiger partial charge on any atom is 0.142 e. The Hall–Kier alpha value is -2.72. The fourth-order valence-electron chi connectivity index (χ4n) is 3.40. The first-order chi connectivity index (χ1) is 14.4. The van der Waals surface area contributed by atoms with E-state index in [2.05, 4.69) is 97.1 Å². The highest BCUT2D eigenvalue weighted by molar-refractivity contribution is 7.95. The molecular weight excluding hydrogens is 415 g/mol. The molecule has 4 nitrogen and oxygen atoms in total. The second-order valence-electron chi connectivity index (χ2n) is 6.76. The summed E-state index contributed by atoms with van der Waals surface area (Å²) in [6.07, 6.45) is 3.26. The van der Waals surface area contributed by atoms with Crippen molar-refractivity contribution in [2.24, 2.45) is 0 Å². The van der Waals surface area contributed by atoms with E-state index in [1.165, 1.54) is 15.9 Å². The van der Waals surface area contributed by atoms with E-state index in [1.54, 1.807) is 6.26 Å². The Morgan fingerprint density at radius 1 is 0.700 bits per heavy atom. The Bertz CT molecular complexity index is 1020. The van der Waals surface area contributed by atoms with Crippen LogP contribution in [0.15, 0.2) is 114 Å². The van der Waals surface area contributed by atoms with Crippen LogP contribution in [0.25, 0.3) is 0 Å².